The smallest absolute Gasteiger partial charge is 0.247 e. The number of ketones is 1. The second kappa shape index (κ2) is 12.0. The number of halogens is 2. The van der Waals surface area contributed by atoms with E-state index in [1.54, 1.807) is 55.7 Å². The molecule has 0 spiro atoms. The van der Waals surface area contributed by atoms with Gasteiger partial charge in [-0.2, -0.15) is 5.10 Å². The molecule has 0 aliphatic carbocycles. The number of benzene rings is 3. The highest BCUT2D eigenvalue weighted by atomic mass is 19.1. The van der Waals surface area contributed by atoms with E-state index in [4.69, 9.17) is 0 Å². The summed E-state index contributed by atoms with van der Waals surface area (Å²) in [6.45, 7) is 4.41. The number of anilines is 1. The maximum atomic E-state index is 15.6. The molecule has 2 amide bonds. The van der Waals surface area contributed by atoms with Crippen LogP contribution in [0.5, 0.6) is 0 Å². The van der Waals surface area contributed by atoms with Crippen LogP contribution in [0.25, 0.3) is 33.2 Å². The zero-order chi connectivity index (χ0) is 31.8. The van der Waals surface area contributed by atoms with Gasteiger partial charge >= 0.3 is 0 Å². The van der Waals surface area contributed by atoms with Gasteiger partial charge in [0.15, 0.2) is 11.6 Å². The molecule has 1 saturated heterocycles. The number of alkyl halides is 1. The fraction of sp³-hybridized carbons (Fsp3) is 0.235. The summed E-state index contributed by atoms with van der Waals surface area (Å²) in [6.07, 6.45) is 1.70. The van der Waals surface area contributed by atoms with Crippen LogP contribution in [0.2, 0.25) is 0 Å². The second-order valence-corrected chi connectivity index (χ2v) is 11.2. The third-order valence-corrected chi connectivity index (χ3v) is 8.05. The summed E-state index contributed by atoms with van der Waals surface area (Å²) in [5, 5.41) is 7.52. The minimum Gasteiger partial charge on any atom is -0.326 e. The summed E-state index contributed by atoms with van der Waals surface area (Å²) in [6, 6.07) is 16.2. The zero-order valence-corrected chi connectivity index (χ0v) is 24.9. The van der Waals surface area contributed by atoms with Crippen molar-refractivity contribution in [2.75, 3.05) is 11.9 Å². The lowest BCUT2D eigenvalue weighted by Gasteiger charge is -2.24. The molecule has 3 aromatic carbocycles. The van der Waals surface area contributed by atoms with Gasteiger partial charge < -0.3 is 10.2 Å². The van der Waals surface area contributed by atoms with Gasteiger partial charge in [0, 0.05) is 42.3 Å². The molecule has 1 fully saturated rings. The summed E-state index contributed by atoms with van der Waals surface area (Å²) in [4.78, 5) is 49.0. The Morgan fingerprint density at radius 2 is 1.69 bits per heavy atom. The predicted molar refractivity (Wildman–Crippen MR) is 166 cm³/mol. The molecule has 228 valence electrons. The standard InChI is InChI=1S/C34H30F2N6O3/c1-19-7-4-5-8-25(19)26-9-6-10-28(32(26)36)39-34(45)30-14-24(35)17-41(30)31(44)18-42-29-12-11-22(23-15-37-21(3)38-16-23)13-27(29)33(40-42)20(2)43/h4-13,15-16,24,30H,14,17-18H2,1-3H3,(H,39,45)/t24-,30+/m1/s1. The Morgan fingerprint density at radius 3 is 2.42 bits per heavy atom. The van der Waals surface area contributed by atoms with Gasteiger partial charge in [-0.05, 0) is 48.7 Å². The van der Waals surface area contributed by atoms with E-state index in [9.17, 15) is 18.8 Å². The summed E-state index contributed by atoms with van der Waals surface area (Å²) in [5.74, 6) is -1.53. The monoisotopic (exact) mass is 608 g/mol. The first-order valence-electron chi connectivity index (χ1n) is 14.5. The van der Waals surface area contributed by atoms with Crippen LogP contribution < -0.4 is 5.32 Å². The summed E-state index contributed by atoms with van der Waals surface area (Å²) < 4.78 is 31.6. The maximum absolute atomic E-state index is 15.6. The van der Waals surface area contributed by atoms with E-state index in [1.165, 1.54) is 17.7 Å². The van der Waals surface area contributed by atoms with Crippen molar-refractivity contribution < 1.29 is 23.2 Å². The molecule has 0 radical (unpaired) electrons. The molecule has 11 heteroatoms. The Hall–Kier alpha value is -5.32. The number of nitrogens with one attached hydrogen (secondary N) is 1. The van der Waals surface area contributed by atoms with Crippen LogP contribution >= 0.6 is 0 Å². The number of likely N-dealkylation sites (tertiary alicyclic amines) is 1. The van der Waals surface area contributed by atoms with E-state index in [1.807, 2.05) is 25.1 Å². The Labute approximate surface area is 257 Å². The average molecular weight is 609 g/mol. The number of amides is 2. The van der Waals surface area contributed by atoms with Crippen LogP contribution in [0.4, 0.5) is 14.5 Å². The third kappa shape index (κ3) is 5.81. The molecule has 3 heterocycles. The van der Waals surface area contributed by atoms with Gasteiger partial charge in [0.2, 0.25) is 11.8 Å². The molecule has 1 aliphatic heterocycles. The summed E-state index contributed by atoms with van der Waals surface area (Å²) in [7, 11) is 0. The van der Waals surface area contributed by atoms with E-state index in [0.717, 1.165) is 21.6 Å². The van der Waals surface area contributed by atoms with Gasteiger partial charge in [-0.3, -0.25) is 19.1 Å². The quantitative estimate of drug-likeness (QED) is 0.238. The average Bonchev–Trinajstić information content (AvgIpc) is 3.59. The van der Waals surface area contributed by atoms with Gasteiger partial charge in [-0.15, -0.1) is 0 Å². The highest BCUT2D eigenvalue weighted by Gasteiger charge is 2.40. The van der Waals surface area contributed by atoms with E-state index in [2.05, 4.69) is 20.4 Å². The molecule has 0 unspecified atom stereocenters. The van der Waals surface area contributed by atoms with Crippen molar-refractivity contribution in [3.05, 3.63) is 96.0 Å². The molecule has 0 bridgehead atoms. The molecule has 1 aliphatic rings. The number of hydrogen-bond donors (Lipinski definition) is 1. The van der Waals surface area contributed by atoms with Crippen LogP contribution in [0, 0.1) is 19.7 Å². The van der Waals surface area contributed by atoms with Crippen LogP contribution in [0.1, 0.15) is 35.2 Å². The minimum absolute atomic E-state index is 0.0607. The van der Waals surface area contributed by atoms with E-state index in [0.29, 0.717) is 27.9 Å². The topological polar surface area (TPSA) is 110 Å². The Morgan fingerprint density at radius 1 is 0.956 bits per heavy atom. The zero-order valence-electron chi connectivity index (χ0n) is 24.9. The Kier molecular flexibility index (Phi) is 7.92. The fourth-order valence-corrected chi connectivity index (χ4v) is 5.74. The van der Waals surface area contributed by atoms with Crippen molar-refractivity contribution >= 4 is 34.2 Å². The lowest BCUT2D eigenvalue weighted by Crippen LogP contribution is -2.44. The molecule has 9 nitrogen and oxygen atoms in total. The second-order valence-electron chi connectivity index (χ2n) is 11.2. The number of aryl methyl sites for hydroxylation is 2. The first-order chi connectivity index (χ1) is 21.6. The molecule has 45 heavy (non-hydrogen) atoms. The van der Waals surface area contributed by atoms with Crippen molar-refractivity contribution in [3.63, 3.8) is 0 Å². The lowest BCUT2D eigenvalue weighted by atomic mass is 9.99. The molecular formula is C34H30F2N6O3. The minimum atomic E-state index is -1.44. The Balaban J connectivity index is 1.25. The molecule has 5 aromatic rings. The summed E-state index contributed by atoms with van der Waals surface area (Å²) >= 11 is 0. The number of fused-ring (bicyclic) bond motifs is 1. The summed E-state index contributed by atoms with van der Waals surface area (Å²) in [5.41, 5.74) is 4.03. The molecule has 1 N–H and O–H groups in total. The Bertz CT molecular complexity index is 1960. The van der Waals surface area contributed by atoms with Gasteiger partial charge in [0.1, 0.15) is 30.3 Å². The lowest BCUT2D eigenvalue weighted by molar-refractivity contribution is -0.137. The SMILES string of the molecule is CC(=O)c1nn(CC(=O)N2C[C@H](F)C[C@H]2C(=O)Nc2cccc(-c3ccccc3C)c2F)c2ccc(-c3cnc(C)nc3)cc12. The molecule has 0 saturated carbocycles. The van der Waals surface area contributed by atoms with Gasteiger partial charge in [0.05, 0.1) is 17.7 Å². The van der Waals surface area contributed by atoms with Gasteiger partial charge in [-0.25, -0.2) is 18.7 Å². The van der Waals surface area contributed by atoms with Crippen molar-refractivity contribution in [3.8, 4) is 22.3 Å². The number of Topliss-reactive ketones (excluding diaryl/α,β-unsaturated/α-hetero) is 1. The van der Waals surface area contributed by atoms with Crippen LogP contribution in [0.15, 0.2) is 73.1 Å². The van der Waals surface area contributed by atoms with Crippen molar-refractivity contribution in [2.45, 2.75) is 46.0 Å². The van der Waals surface area contributed by atoms with Crippen molar-refractivity contribution in [1.82, 2.24) is 24.6 Å². The highest BCUT2D eigenvalue weighted by Crippen LogP contribution is 2.31. The first kappa shape index (κ1) is 29.7. The number of aromatic nitrogens is 4. The van der Waals surface area contributed by atoms with E-state index in [-0.39, 0.29) is 36.7 Å². The van der Waals surface area contributed by atoms with Gasteiger partial charge in [-0.1, -0.05) is 42.5 Å². The van der Waals surface area contributed by atoms with Crippen LogP contribution in [0.3, 0.4) is 0 Å². The number of rotatable bonds is 7. The van der Waals surface area contributed by atoms with Gasteiger partial charge in [0.25, 0.3) is 0 Å². The largest absolute Gasteiger partial charge is 0.326 e. The molecule has 6 rings (SSSR count). The molecule has 2 atom stereocenters. The molecule has 2 aromatic heterocycles. The van der Waals surface area contributed by atoms with Crippen molar-refractivity contribution in [1.29, 1.82) is 0 Å². The number of nitrogens with zero attached hydrogens (tertiary/aromatic N) is 5. The van der Waals surface area contributed by atoms with Crippen molar-refractivity contribution in [2.24, 2.45) is 0 Å². The molecular weight excluding hydrogens is 578 g/mol. The number of hydrogen-bond acceptors (Lipinski definition) is 6. The highest BCUT2D eigenvalue weighted by molar-refractivity contribution is 6.06. The van der Waals surface area contributed by atoms with Crippen LogP contribution in [-0.2, 0) is 16.1 Å². The third-order valence-electron chi connectivity index (χ3n) is 8.05. The maximum Gasteiger partial charge on any atom is 0.247 e. The number of carbonyl (C=O) groups is 3. The normalized spacial score (nSPS) is 16.2. The predicted octanol–water partition coefficient (Wildman–Crippen LogP) is 5.70. The van der Waals surface area contributed by atoms with E-state index < -0.39 is 29.8 Å². The van der Waals surface area contributed by atoms with E-state index >= 15 is 4.39 Å². The number of carbonyl (C=O) groups excluding carboxylic acids is 3. The van der Waals surface area contributed by atoms with Crippen LogP contribution in [-0.4, -0.2) is 61.0 Å². The first-order valence-corrected chi connectivity index (χ1v) is 14.5. The fourth-order valence-electron chi connectivity index (χ4n) is 5.74.